The van der Waals surface area contributed by atoms with Gasteiger partial charge in [0.2, 0.25) is 5.91 Å². The quantitative estimate of drug-likeness (QED) is 0.286. The lowest BCUT2D eigenvalue weighted by atomic mass is 10.0. The highest BCUT2D eigenvalue weighted by molar-refractivity contribution is 7.94. The van der Waals surface area contributed by atoms with Gasteiger partial charge in [-0.05, 0) is 48.0 Å². The van der Waals surface area contributed by atoms with Crippen molar-refractivity contribution >= 4 is 35.5 Å². The first-order chi connectivity index (χ1) is 17.5. The lowest BCUT2D eigenvalue weighted by Crippen LogP contribution is -2.35. The van der Waals surface area contributed by atoms with Gasteiger partial charge in [0.15, 0.2) is 6.61 Å². The Balaban J connectivity index is 1.35. The number of fused-ring (bicyclic) bond motifs is 2. The molecule has 0 atom stereocenters. The van der Waals surface area contributed by atoms with Gasteiger partial charge >= 0.3 is 5.97 Å². The van der Waals surface area contributed by atoms with Crippen LogP contribution in [0, 0.1) is 11.8 Å². The molecule has 182 valence electrons. The zero-order valence-corrected chi connectivity index (χ0v) is 20.5. The molecular weight excluding hydrogens is 476 g/mol. The Morgan fingerprint density at radius 2 is 1.64 bits per heavy atom. The van der Waals surface area contributed by atoms with Gasteiger partial charge in [-0.25, -0.2) is 4.79 Å². The van der Waals surface area contributed by atoms with Crippen molar-refractivity contribution in [3.8, 4) is 11.8 Å². The molecule has 7 nitrogen and oxygen atoms in total. The third kappa shape index (κ3) is 6.33. The summed E-state index contributed by atoms with van der Waals surface area (Å²) in [6.45, 7) is 0.436. The van der Waals surface area contributed by atoms with Crippen LogP contribution in [0.1, 0.15) is 33.5 Å². The number of benzene rings is 3. The summed E-state index contributed by atoms with van der Waals surface area (Å²) in [4.78, 5) is 39.4. The Morgan fingerprint density at radius 3 is 2.42 bits per heavy atom. The minimum Gasteiger partial charge on any atom is -0.467 e. The van der Waals surface area contributed by atoms with E-state index in [-0.39, 0.29) is 31.4 Å². The molecule has 1 aliphatic heterocycles. The summed E-state index contributed by atoms with van der Waals surface area (Å²) in [5, 5.41) is 2.81. The molecule has 36 heavy (non-hydrogen) atoms. The molecule has 0 unspecified atom stereocenters. The van der Waals surface area contributed by atoms with Crippen LogP contribution in [-0.2, 0) is 25.1 Å². The van der Waals surface area contributed by atoms with Gasteiger partial charge in [0.05, 0.1) is 19.3 Å². The summed E-state index contributed by atoms with van der Waals surface area (Å²) >= 11 is 1.02. The van der Waals surface area contributed by atoms with Crippen molar-refractivity contribution in [3.63, 3.8) is 0 Å². The molecule has 3 aromatic carbocycles. The van der Waals surface area contributed by atoms with Crippen molar-refractivity contribution in [1.29, 1.82) is 0 Å². The van der Waals surface area contributed by atoms with E-state index in [0.29, 0.717) is 12.1 Å². The number of para-hydroxylation sites is 1. The molecule has 0 saturated heterocycles. The van der Waals surface area contributed by atoms with Gasteiger partial charge in [0, 0.05) is 46.6 Å². The molecule has 0 fully saturated rings. The van der Waals surface area contributed by atoms with Crippen molar-refractivity contribution in [1.82, 2.24) is 5.32 Å². The number of rotatable bonds is 8. The molecular formula is C28H24N2O5S. The van der Waals surface area contributed by atoms with Gasteiger partial charge < -0.3 is 15.0 Å². The van der Waals surface area contributed by atoms with Crippen molar-refractivity contribution in [2.24, 2.45) is 0 Å². The first-order valence-electron chi connectivity index (χ1n) is 11.3. The van der Waals surface area contributed by atoms with E-state index in [4.69, 9.17) is 4.18 Å². The summed E-state index contributed by atoms with van der Waals surface area (Å²) in [5.41, 5.74) is 3.89. The highest BCUT2D eigenvalue weighted by atomic mass is 32.2. The van der Waals surface area contributed by atoms with Crippen molar-refractivity contribution in [2.75, 3.05) is 25.2 Å². The highest BCUT2D eigenvalue weighted by Gasteiger charge is 2.21. The minimum atomic E-state index is -0.468. The minimum absolute atomic E-state index is 0.101. The fourth-order valence-electron chi connectivity index (χ4n) is 3.59. The van der Waals surface area contributed by atoms with Crippen LogP contribution in [0.25, 0.3) is 0 Å². The molecule has 3 aromatic rings. The second-order valence-corrected chi connectivity index (χ2v) is 8.73. The van der Waals surface area contributed by atoms with E-state index in [1.165, 1.54) is 7.11 Å². The Hall–Kier alpha value is -4.06. The molecule has 0 bridgehead atoms. The van der Waals surface area contributed by atoms with Gasteiger partial charge in [-0.15, -0.1) is 0 Å². The molecule has 4 rings (SSSR count). The predicted octanol–water partition coefficient (Wildman–Crippen LogP) is 3.95. The van der Waals surface area contributed by atoms with E-state index < -0.39 is 5.97 Å². The topological polar surface area (TPSA) is 84.9 Å². The molecule has 0 radical (unpaired) electrons. The monoisotopic (exact) mass is 500 g/mol. The molecule has 1 N–H and O–H groups in total. The molecule has 0 aliphatic carbocycles. The summed E-state index contributed by atoms with van der Waals surface area (Å²) < 4.78 is 9.69. The number of amides is 2. The smallest absolute Gasteiger partial charge is 0.333 e. The number of methoxy groups -OCH3 is 1. The van der Waals surface area contributed by atoms with Crippen LogP contribution in [-0.4, -0.2) is 38.0 Å². The van der Waals surface area contributed by atoms with Crippen LogP contribution >= 0.6 is 12.0 Å². The van der Waals surface area contributed by atoms with Crippen LogP contribution in [0.3, 0.4) is 0 Å². The zero-order valence-electron chi connectivity index (χ0n) is 19.7. The van der Waals surface area contributed by atoms with Gasteiger partial charge in [-0.1, -0.05) is 42.2 Å². The van der Waals surface area contributed by atoms with Crippen LogP contribution in [0.2, 0.25) is 0 Å². The van der Waals surface area contributed by atoms with E-state index in [9.17, 15) is 14.4 Å². The molecule has 0 spiro atoms. The van der Waals surface area contributed by atoms with E-state index in [0.717, 1.165) is 39.3 Å². The molecule has 0 aromatic heterocycles. The van der Waals surface area contributed by atoms with Crippen LogP contribution < -0.4 is 10.2 Å². The number of nitrogens with zero attached hydrogens (tertiary/aromatic N) is 1. The van der Waals surface area contributed by atoms with Crippen LogP contribution in [0.5, 0.6) is 0 Å². The molecule has 2 amide bonds. The van der Waals surface area contributed by atoms with Crippen LogP contribution in [0.4, 0.5) is 5.69 Å². The number of nitrogens with one attached hydrogen (secondary N) is 1. The second kappa shape index (κ2) is 12.1. The average molecular weight is 501 g/mol. The standard InChI is InChI=1S/C28H24N2O5S/c1-34-27(32)19-35-36-24-14-12-22(13-15-24)28(33)29-17-16-26(31)30-18-23-8-3-2-6-20(23)10-11-21-7-4-5-9-25(21)30/h2-9,12-15H,16-19H2,1H3,(H,29,33). The summed E-state index contributed by atoms with van der Waals surface area (Å²) in [7, 11) is 1.29. The van der Waals surface area contributed by atoms with Gasteiger partial charge in [-0.3, -0.25) is 13.8 Å². The SMILES string of the molecule is COC(=O)COSc1ccc(C(=O)NCCC(=O)N2Cc3ccccc3C#Cc3ccccc32)cc1. The van der Waals surface area contributed by atoms with Gasteiger partial charge in [0.25, 0.3) is 5.91 Å². The summed E-state index contributed by atoms with van der Waals surface area (Å²) in [6.07, 6.45) is 0.144. The molecule has 1 heterocycles. The number of ether oxygens (including phenoxy) is 1. The van der Waals surface area contributed by atoms with E-state index in [1.54, 1.807) is 29.2 Å². The van der Waals surface area contributed by atoms with Gasteiger partial charge in [0.1, 0.15) is 0 Å². The Labute approximate surface area is 214 Å². The van der Waals surface area contributed by atoms with Crippen molar-refractivity contribution in [3.05, 3.63) is 95.1 Å². The Bertz CT molecular complexity index is 1330. The van der Waals surface area contributed by atoms with Crippen molar-refractivity contribution < 1.29 is 23.3 Å². The number of hydrogen-bond acceptors (Lipinski definition) is 6. The van der Waals surface area contributed by atoms with Crippen LogP contribution in [0.15, 0.2) is 77.7 Å². The zero-order chi connectivity index (χ0) is 25.3. The first kappa shape index (κ1) is 25.0. The Morgan fingerprint density at radius 1 is 0.944 bits per heavy atom. The summed E-state index contributed by atoms with van der Waals surface area (Å²) in [6, 6.07) is 22.1. The lowest BCUT2D eigenvalue weighted by Gasteiger charge is -2.26. The normalized spacial score (nSPS) is 11.6. The number of anilines is 1. The lowest BCUT2D eigenvalue weighted by molar-refractivity contribution is -0.142. The number of carbonyl (C=O) groups excluding carboxylic acids is 3. The largest absolute Gasteiger partial charge is 0.467 e. The fraction of sp³-hybridized carbons (Fsp3) is 0.179. The maximum Gasteiger partial charge on any atom is 0.333 e. The third-order valence-electron chi connectivity index (χ3n) is 5.47. The third-order valence-corrected chi connectivity index (χ3v) is 6.17. The van der Waals surface area contributed by atoms with E-state index in [2.05, 4.69) is 21.9 Å². The maximum absolute atomic E-state index is 13.2. The summed E-state index contributed by atoms with van der Waals surface area (Å²) in [5.74, 6) is 5.54. The number of esters is 1. The number of carbonyl (C=O) groups is 3. The fourth-order valence-corrected chi connectivity index (χ4v) is 4.13. The van der Waals surface area contributed by atoms with E-state index >= 15 is 0 Å². The second-order valence-electron chi connectivity index (χ2n) is 7.86. The molecule has 8 heteroatoms. The maximum atomic E-state index is 13.2. The van der Waals surface area contributed by atoms with E-state index in [1.807, 2.05) is 48.5 Å². The molecule has 0 saturated carbocycles. The predicted molar refractivity (Wildman–Crippen MR) is 137 cm³/mol. The van der Waals surface area contributed by atoms with Crippen molar-refractivity contribution in [2.45, 2.75) is 17.9 Å². The van der Waals surface area contributed by atoms with Gasteiger partial charge in [-0.2, -0.15) is 0 Å². The average Bonchev–Trinajstić information content (AvgIpc) is 2.90. The first-order valence-corrected chi connectivity index (χ1v) is 12.0. The highest BCUT2D eigenvalue weighted by Crippen LogP contribution is 2.26. The Kier molecular flexibility index (Phi) is 8.40. The molecule has 1 aliphatic rings. The number of hydrogen-bond donors (Lipinski definition) is 1.